The quantitative estimate of drug-likeness (QED) is 0.651. The largest absolute Gasteiger partial charge is 0.453 e. The van der Waals surface area contributed by atoms with Crippen molar-refractivity contribution in [3.8, 4) is 0 Å². The van der Waals surface area contributed by atoms with Crippen LogP contribution < -0.4 is 10.2 Å². The maximum absolute atomic E-state index is 12.9. The van der Waals surface area contributed by atoms with E-state index in [0.717, 1.165) is 22.2 Å². The first kappa shape index (κ1) is 21.7. The van der Waals surface area contributed by atoms with Crippen molar-refractivity contribution in [1.29, 1.82) is 0 Å². The van der Waals surface area contributed by atoms with Crippen LogP contribution in [0.3, 0.4) is 0 Å². The molecule has 0 atom stereocenters. The van der Waals surface area contributed by atoms with E-state index in [2.05, 4.69) is 20.4 Å². The molecule has 0 bridgehead atoms. The van der Waals surface area contributed by atoms with Gasteiger partial charge in [-0.3, -0.25) is 9.59 Å². The highest BCUT2D eigenvalue weighted by molar-refractivity contribution is 5.95. The number of halogens is 3. The summed E-state index contributed by atoms with van der Waals surface area (Å²) in [4.78, 5) is 33.6. The number of carbonyl (C=O) groups is 2. The lowest BCUT2D eigenvalue weighted by Gasteiger charge is -2.16. The van der Waals surface area contributed by atoms with Crippen LogP contribution in [0.2, 0.25) is 0 Å². The fourth-order valence-electron chi connectivity index (χ4n) is 3.72. The van der Waals surface area contributed by atoms with Crippen LogP contribution in [0.15, 0.2) is 24.3 Å². The second-order valence-electron chi connectivity index (χ2n) is 7.68. The average molecular weight is 446 g/mol. The minimum absolute atomic E-state index is 0.0534. The van der Waals surface area contributed by atoms with Gasteiger partial charge >= 0.3 is 6.18 Å². The van der Waals surface area contributed by atoms with Crippen molar-refractivity contribution >= 4 is 23.3 Å². The van der Waals surface area contributed by atoms with Gasteiger partial charge < -0.3 is 10.2 Å². The third-order valence-electron chi connectivity index (χ3n) is 5.45. The zero-order chi connectivity index (χ0) is 23.0. The van der Waals surface area contributed by atoms with Crippen LogP contribution in [-0.4, -0.2) is 37.9 Å². The molecular weight excluding hydrogens is 425 g/mol. The van der Waals surface area contributed by atoms with Gasteiger partial charge in [0.05, 0.1) is 6.42 Å². The number of rotatable bonds is 5. The van der Waals surface area contributed by atoms with E-state index in [9.17, 15) is 22.8 Å². The minimum atomic E-state index is -4.68. The molecule has 0 spiro atoms. The molecule has 32 heavy (non-hydrogen) atoms. The Morgan fingerprint density at radius 1 is 1.16 bits per heavy atom. The van der Waals surface area contributed by atoms with Gasteiger partial charge in [0, 0.05) is 42.1 Å². The van der Waals surface area contributed by atoms with Crippen molar-refractivity contribution < 1.29 is 22.8 Å². The van der Waals surface area contributed by atoms with Crippen LogP contribution in [0.5, 0.6) is 0 Å². The fourth-order valence-corrected chi connectivity index (χ4v) is 3.72. The molecule has 168 valence electrons. The minimum Gasteiger partial charge on any atom is -0.352 e. The van der Waals surface area contributed by atoms with Gasteiger partial charge in [-0.1, -0.05) is 12.1 Å². The van der Waals surface area contributed by atoms with E-state index < -0.39 is 12.0 Å². The van der Waals surface area contributed by atoms with Gasteiger partial charge in [-0.25, -0.2) is 9.50 Å². The summed E-state index contributed by atoms with van der Waals surface area (Å²) in [6, 6.07) is 7.39. The predicted octanol–water partition coefficient (Wildman–Crippen LogP) is 2.75. The molecule has 4 rings (SSSR count). The highest BCUT2D eigenvalue weighted by atomic mass is 19.4. The summed E-state index contributed by atoms with van der Waals surface area (Å²) >= 11 is 0. The monoisotopic (exact) mass is 446 g/mol. The summed E-state index contributed by atoms with van der Waals surface area (Å²) in [6.07, 6.45) is -3.32. The maximum atomic E-state index is 12.9. The van der Waals surface area contributed by atoms with Crippen molar-refractivity contribution in [2.45, 2.75) is 45.8 Å². The van der Waals surface area contributed by atoms with Crippen LogP contribution in [-0.2, 0) is 28.7 Å². The van der Waals surface area contributed by atoms with Crippen molar-refractivity contribution in [2.75, 3.05) is 11.4 Å². The Hall–Kier alpha value is -3.50. The summed E-state index contributed by atoms with van der Waals surface area (Å²) in [6.45, 7) is 4.19. The van der Waals surface area contributed by atoms with Crippen LogP contribution in [0.1, 0.15) is 41.2 Å². The van der Waals surface area contributed by atoms with Gasteiger partial charge in [0.25, 0.3) is 11.6 Å². The summed E-state index contributed by atoms with van der Waals surface area (Å²) in [5.41, 5.74) is 2.99. The van der Waals surface area contributed by atoms with E-state index in [4.69, 9.17) is 0 Å². The first-order valence-corrected chi connectivity index (χ1v) is 10.1. The Balaban J connectivity index is 1.43. The van der Waals surface area contributed by atoms with Crippen molar-refractivity contribution in [1.82, 2.24) is 24.9 Å². The highest BCUT2D eigenvalue weighted by Crippen LogP contribution is 2.27. The average Bonchev–Trinajstić information content (AvgIpc) is 3.36. The number of anilines is 1. The lowest BCUT2D eigenvalue weighted by atomic mass is 10.1. The Labute approximate surface area is 181 Å². The molecule has 0 unspecified atom stereocenters. The van der Waals surface area contributed by atoms with E-state index >= 15 is 0 Å². The standard InChI is InChI=1S/C21H21F3N6O2/c1-12-16(13(2)30-20(26-12)27-19(28-30)21(22,23)24)10-17(31)25-11-14-5-7-15(8-6-14)29-9-3-4-18(29)32/h5-8H,3-4,9-11H2,1-2H3,(H,25,31). The Morgan fingerprint density at radius 3 is 2.50 bits per heavy atom. The molecule has 1 N–H and O–H groups in total. The van der Waals surface area contributed by atoms with E-state index in [0.29, 0.717) is 29.9 Å². The molecule has 1 aliphatic rings. The molecule has 3 aromatic rings. The van der Waals surface area contributed by atoms with E-state index in [-0.39, 0.29) is 30.6 Å². The Morgan fingerprint density at radius 2 is 1.88 bits per heavy atom. The molecule has 1 saturated heterocycles. The molecule has 2 aromatic heterocycles. The molecular formula is C21H21F3N6O2. The number of fused-ring (bicyclic) bond motifs is 1. The zero-order valence-corrected chi connectivity index (χ0v) is 17.5. The molecule has 1 aliphatic heterocycles. The number of amides is 2. The van der Waals surface area contributed by atoms with E-state index in [1.807, 2.05) is 24.3 Å². The number of benzene rings is 1. The number of aryl methyl sites for hydroxylation is 2. The van der Waals surface area contributed by atoms with Crippen molar-refractivity contribution in [3.05, 3.63) is 52.6 Å². The van der Waals surface area contributed by atoms with Crippen molar-refractivity contribution in [3.63, 3.8) is 0 Å². The molecule has 1 fully saturated rings. The molecule has 0 radical (unpaired) electrons. The molecule has 11 heteroatoms. The second kappa shape index (κ2) is 8.21. The molecule has 0 aliphatic carbocycles. The first-order chi connectivity index (χ1) is 15.1. The first-order valence-electron chi connectivity index (χ1n) is 10.1. The van der Waals surface area contributed by atoms with E-state index in [1.165, 1.54) is 0 Å². The van der Waals surface area contributed by atoms with E-state index in [1.54, 1.807) is 18.7 Å². The van der Waals surface area contributed by atoms with Gasteiger partial charge in [-0.05, 0) is 38.0 Å². The normalized spacial score (nSPS) is 14.4. The zero-order valence-electron chi connectivity index (χ0n) is 17.5. The van der Waals surface area contributed by atoms with Gasteiger partial charge in [-0.2, -0.15) is 18.2 Å². The van der Waals surface area contributed by atoms with Crippen molar-refractivity contribution in [2.24, 2.45) is 0 Å². The summed E-state index contributed by atoms with van der Waals surface area (Å²) < 4.78 is 39.7. The van der Waals surface area contributed by atoms with Crippen LogP contribution in [0, 0.1) is 13.8 Å². The predicted molar refractivity (Wildman–Crippen MR) is 109 cm³/mol. The third kappa shape index (κ3) is 4.27. The second-order valence-corrected chi connectivity index (χ2v) is 7.68. The number of hydrogen-bond donors (Lipinski definition) is 1. The number of nitrogens with zero attached hydrogens (tertiary/aromatic N) is 5. The van der Waals surface area contributed by atoms with Gasteiger partial charge in [0.2, 0.25) is 11.8 Å². The Bertz CT molecular complexity index is 1190. The summed E-state index contributed by atoms with van der Waals surface area (Å²) in [5.74, 6) is -1.62. The number of alkyl halides is 3. The van der Waals surface area contributed by atoms with Crippen LogP contribution in [0.4, 0.5) is 18.9 Å². The maximum Gasteiger partial charge on any atom is 0.453 e. The lowest BCUT2D eigenvalue weighted by molar-refractivity contribution is -0.144. The molecule has 2 amide bonds. The molecule has 8 nitrogen and oxygen atoms in total. The summed E-state index contributed by atoms with van der Waals surface area (Å²) in [5, 5.41) is 6.30. The van der Waals surface area contributed by atoms with Gasteiger partial charge in [-0.15, -0.1) is 5.10 Å². The number of aromatic nitrogens is 4. The number of carbonyl (C=O) groups excluding carboxylic acids is 2. The third-order valence-corrected chi connectivity index (χ3v) is 5.45. The molecule has 1 aromatic carbocycles. The highest BCUT2D eigenvalue weighted by Gasteiger charge is 2.37. The number of hydrogen-bond acceptors (Lipinski definition) is 5. The topological polar surface area (TPSA) is 92.5 Å². The molecule has 0 saturated carbocycles. The number of nitrogens with one attached hydrogen (secondary N) is 1. The SMILES string of the molecule is Cc1nc2nc(C(F)(F)F)nn2c(C)c1CC(=O)NCc1ccc(N2CCCC2=O)cc1. The van der Waals surface area contributed by atoms with Crippen LogP contribution in [0.25, 0.3) is 5.78 Å². The smallest absolute Gasteiger partial charge is 0.352 e. The summed E-state index contributed by atoms with van der Waals surface area (Å²) in [7, 11) is 0. The lowest BCUT2D eigenvalue weighted by Crippen LogP contribution is -2.26. The van der Waals surface area contributed by atoms with Gasteiger partial charge in [0.15, 0.2) is 0 Å². The Kier molecular flexibility index (Phi) is 5.57. The van der Waals surface area contributed by atoms with Gasteiger partial charge in [0.1, 0.15) is 0 Å². The van der Waals surface area contributed by atoms with Crippen LogP contribution >= 0.6 is 0 Å². The fraction of sp³-hybridized carbons (Fsp3) is 0.381. The molecule has 3 heterocycles.